The zero-order chi connectivity index (χ0) is 28.4. The molecule has 0 saturated heterocycles. The third kappa shape index (κ3) is 8.95. The molecule has 0 saturated carbocycles. The van der Waals surface area contributed by atoms with Crippen LogP contribution in [0, 0.1) is 19.3 Å². The second-order valence-electron chi connectivity index (χ2n) is 9.41. The maximum atomic E-state index is 13.2. The van der Waals surface area contributed by atoms with E-state index < -0.39 is 17.5 Å². The van der Waals surface area contributed by atoms with Crippen molar-refractivity contribution in [2.24, 2.45) is 5.41 Å². The summed E-state index contributed by atoms with van der Waals surface area (Å²) in [4.78, 5) is 16.6. The maximum absolute atomic E-state index is 13.2. The highest BCUT2D eigenvalue weighted by atomic mass is 19.4. The number of aryl methyl sites for hydroxylation is 4. The van der Waals surface area contributed by atoms with Crippen LogP contribution in [0.1, 0.15) is 66.7 Å². The maximum Gasteiger partial charge on any atom is 0.399 e. The molecule has 37 heavy (non-hydrogen) atoms. The van der Waals surface area contributed by atoms with E-state index in [0.29, 0.717) is 5.56 Å². The van der Waals surface area contributed by atoms with Crippen LogP contribution in [0.25, 0.3) is 0 Å². The number of carbonyl (C=O) groups is 1. The standard InChI is InChI=1S/C20H27F3N2O.C9H14N2/c1-7-8-15-9-10-16(11-13(15)2)18(26)25-14(3)12-17(24-6)19(4,5)20(21,22)23;1-4-8-5-7(2)9(10-3)11-6-8/h9-12,24H,3,7-8H2,1-2,4-6H3,(H,25,26);5-6H,4H2,1-3H3,(H,10,11)/b17-12-;. The quantitative estimate of drug-likeness (QED) is 0.317. The Morgan fingerprint density at radius 3 is 2.19 bits per heavy atom. The summed E-state index contributed by atoms with van der Waals surface area (Å²) in [6.45, 7) is 14.0. The second kappa shape index (κ2) is 13.9. The normalized spacial score (nSPS) is 11.8. The predicted octanol–water partition coefficient (Wildman–Crippen LogP) is 6.88. The molecule has 2 rings (SSSR count). The van der Waals surface area contributed by atoms with Crippen LogP contribution in [-0.2, 0) is 12.8 Å². The van der Waals surface area contributed by atoms with Crippen LogP contribution in [0.4, 0.5) is 19.0 Å². The Morgan fingerprint density at radius 2 is 1.73 bits per heavy atom. The smallest absolute Gasteiger partial charge is 0.391 e. The van der Waals surface area contributed by atoms with E-state index in [-0.39, 0.29) is 11.4 Å². The van der Waals surface area contributed by atoms with Gasteiger partial charge in [-0.2, -0.15) is 13.2 Å². The first kappa shape index (κ1) is 31.7. The number of rotatable bonds is 9. The lowest BCUT2D eigenvalue weighted by Crippen LogP contribution is -2.38. The molecule has 1 aromatic carbocycles. The van der Waals surface area contributed by atoms with E-state index in [0.717, 1.165) is 44.5 Å². The molecule has 0 radical (unpaired) electrons. The van der Waals surface area contributed by atoms with Crippen molar-refractivity contribution in [1.82, 2.24) is 15.6 Å². The number of hydrogen-bond donors (Lipinski definition) is 3. The molecule has 0 aliphatic carbocycles. The first-order chi connectivity index (χ1) is 17.2. The van der Waals surface area contributed by atoms with Gasteiger partial charge in [-0.1, -0.05) is 39.0 Å². The van der Waals surface area contributed by atoms with Gasteiger partial charge in [-0.15, -0.1) is 0 Å². The molecule has 0 fully saturated rings. The minimum atomic E-state index is -4.43. The van der Waals surface area contributed by atoms with Crippen LogP contribution in [-0.4, -0.2) is 31.2 Å². The summed E-state index contributed by atoms with van der Waals surface area (Å²) in [5.74, 6) is 0.569. The number of nitrogens with one attached hydrogen (secondary N) is 3. The molecule has 0 aliphatic rings. The Labute approximate surface area is 219 Å². The lowest BCUT2D eigenvalue weighted by Gasteiger charge is -2.30. The van der Waals surface area contributed by atoms with Crippen LogP contribution in [0.3, 0.4) is 0 Å². The van der Waals surface area contributed by atoms with Crippen molar-refractivity contribution in [3.8, 4) is 0 Å². The van der Waals surface area contributed by atoms with Crippen LogP contribution < -0.4 is 16.0 Å². The number of hydrogen-bond acceptors (Lipinski definition) is 4. The molecule has 1 amide bonds. The van der Waals surface area contributed by atoms with Crippen molar-refractivity contribution in [1.29, 1.82) is 0 Å². The van der Waals surface area contributed by atoms with Crippen LogP contribution in [0.15, 0.2) is 54.5 Å². The molecule has 0 unspecified atom stereocenters. The van der Waals surface area contributed by atoms with Gasteiger partial charge in [0.25, 0.3) is 5.91 Å². The molecule has 0 bridgehead atoms. The Morgan fingerprint density at radius 1 is 1.08 bits per heavy atom. The van der Waals surface area contributed by atoms with Crippen molar-refractivity contribution in [3.63, 3.8) is 0 Å². The fraction of sp³-hybridized carbons (Fsp3) is 0.448. The third-order valence-electron chi connectivity index (χ3n) is 6.15. The SMILES string of the molecule is C=C(/C=C(\NC)C(C)(C)C(F)(F)F)NC(=O)c1ccc(CCC)c(C)c1.CCc1cnc(NC)c(C)c1. The third-order valence-corrected chi connectivity index (χ3v) is 6.15. The lowest BCUT2D eigenvalue weighted by atomic mass is 9.87. The highest BCUT2D eigenvalue weighted by Crippen LogP contribution is 2.42. The second-order valence-corrected chi connectivity index (χ2v) is 9.41. The summed E-state index contributed by atoms with van der Waals surface area (Å²) >= 11 is 0. The van der Waals surface area contributed by atoms with E-state index >= 15 is 0 Å². The topological polar surface area (TPSA) is 66.0 Å². The van der Waals surface area contributed by atoms with Crippen molar-refractivity contribution in [2.45, 2.75) is 67.0 Å². The van der Waals surface area contributed by atoms with Crippen molar-refractivity contribution >= 4 is 11.7 Å². The predicted molar refractivity (Wildman–Crippen MR) is 147 cm³/mol. The first-order valence-electron chi connectivity index (χ1n) is 12.4. The van der Waals surface area contributed by atoms with Gasteiger partial charge in [0, 0.05) is 37.2 Å². The van der Waals surface area contributed by atoms with Crippen molar-refractivity contribution in [3.05, 3.63) is 82.3 Å². The number of anilines is 1. The number of carbonyl (C=O) groups excluding carboxylic acids is 1. The van der Waals surface area contributed by atoms with E-state index in [9.17, 15) is 18.0 Å². The van der Waals surface area contributed by atoms with E-state index in [4.69, 9.17) is 0 Å². The molecule has 0 atom stereocenters. The van der Waals surface area contributed by atoms with Gasteiger partial charge in [-0.25, -0.2) is 4.98 Å². The monoisotopic (exact) mass is 518 g/mol. The molecular weight excluding hydrogens is 477 g/mol. The van der Waals surface area contributed by atoms with Gasteiger partial charge < -0.3 is 16.0 Å². The molecule has 8 heteroatoms. The fourth-order valence-corrected chi connectivity index (χ4v) is 3.62. The Balaban J connectivity index is 0.000000516. The highest BCUT2D eigenvalue weighted by Gasteiger charge is 2.49. The summed E-state index contributed by atoms with van der Waals surface area (Å²) in [6.07, 6.45) is 1.69. The van der Waals surface area contributed by atoms with E-state index in [1.165, 1.54) is 29.8 Å². The number of benzene rings is 1. The molecule has 0 spiro atoms. The van der Waals surface area contributed by atoms with Gasteiger partial charge in [-0.3, -0.25) is 4.79 Å². The Kier molecular flexibility index (Phi) is 11.9. The number of pyridine rings is 1. The molecule has 2 aromatic rings. The van der Waals surface area contributed by atoms with Crippen molar-refractivity contribution < 1.29 is 18.0 Å². The van der Waals surface area contributed by atoms with E-state index in [2.05, 4.69) is 54.4 Å². The van der Waals surface area contributed by atoms with Gasteiger partial charge in [0.1, 0.15) is 5.82 Å². The van der Waals surface area contributed by atoms with E-state index in [1.807, 2.05) is 26.2 Å². The number of allylic oxidation sites excluding steroid dienone is 2. The molecule has 1 aromatic heterocycles. The van der Waals surface area contributed by atoms with Crippen LogP contribution in [0.2, 0.25) is 0 Å². The summed E-state index contributed by atoms with van der Waals surface area (Å²) < 4.78 is 39.6. The first-order valence-corrected chi connectivity index (χ1v) is 12.4. The molecule has 3 N–H and O–H groups in total. The minimum absolute atomic E-state index is 0.0789. The number of alkyl halides is 3. The molecular formula is C29H41F3N4O. The lowest BCUT2D eigenvalue weighted by molar-refractivity contribution is -0.199. The molecule has 5 nitrogen and oxygen atoms in total. The molecule has 0 aliphatic heterocycles. The minimum Gasteiger partial charge on any atom is -0.391 e. The summed E-state index contributed by atoms with van der Waals surface area (Å²) in [5, 5.41) is 8.13. The number of nitrogens with zero attached hydrogens (tertiary/aromatic N) is 1. The average Bonchev–Trinajstić information content (AvgIpc) is 2.83. The van der Waals surface area contributed by atoms with Crippen molar-refractivity contribution in [2.75, 3.05) is 19.4 Å². The number of aromatic nitrogens is 1. The van der Waals surface area contributed by atoms with Gasteiger partial charge >= 0.3 is 6.18 Å². The van der Waals surface area contributed by atoms with Gasteiger partial charge in [-0.05, 0) is 81.0 Å². The largest absolute Gasteiger partial charge is 0.399 e. The summed E-state index contributed by atoms with van der Waals surface area (Å²) in [5.41, 5.74) is 3.05. The Bertz CT molecular complexity index is 1100. The highest BCUT2D eigenvalue weighted by molar-refractivity contribution is 5.95. The zero-order valence-corrected chi connectivity index (χ0v) is 23.3. The zero-order valence-electron chi connectivity index (χ0n) is 23.3. The molecule has 204 valence electrons. The fourth-order valence-electron chi connectivity index (χ4n) is 3.62. The number of amides is 1. The molecule has 1 heterocycles. The van der Waals surface area contributed by atoms with Gasteiger partial charge in [0.05, 0.1) is 5.41 Å². The summed E-state index contributed by atoms with van der Waals surface area (Å²) in [7, 11) is 3.30. The van der Waals surface area contributed by atoms with Crippen LogP contribution >= 0.6 is 0 Å². The van der Waals surface area contributed by atoms with Gasteiger partial charge in [0.2, 0.25) is 0 Å². The van der Waals surface area contributed by atoms with Crippen LogP contribution in [0.5, 0.6) is 0 Å². The average molecular weight is 519 g/mol. The Hall–Kier alpha value is -3.29. The number of halogens is 3. The summed E-state index contributed by atoms with van der Waals surface area (Å²) in [6, 6.07) is 7.55. The van der Waals surface area contributed by atoms with E-state index in [1.54, 1.807) is 12.1 Å². The van der Waals surface area contributed by atoms with Gasteiger partial charge in [0.15, 0.2) is 0 Å².